The lowest BCUT2D eigenvalue weighted by Gasteiger charge is -2.19. The van der Waals surface area contributed by atoms with E-state index < -0.39 is 5.97 Å². The predicted octanol–water partition coefficient (Wildman–Crippen LogP) is -0.963. The SMILES string of the molecule is O=C(O)CN1CCCN(C(=O)c2cn[nH]n2)CC1. The van der Waals surface area contributed by atoms with Crippen molar-refractivity contribution in [3.8, 4) is 0 Å². The summed E-state index contributed by atoms with van der Waals surface area (Å²) in [5.41, 5.74) is 0.293. The first kappa shape index (κ1) is 12.5. The van der Waals surface area contributed by atoms with Crippen LogP contribution in [0.5, 0.6) is 0 Å². The first-order chi connectivity index (χ1) is 8.66. The summed E-state index contributed by atoms with van der Waals surface area (Å²) in [6.07, 6.45) is 2.15. The molecule has 1 saturated heterocycles. The molecule has 0 saturated carbocycles. The number of carboxylic acid groups (broad SMARTS) is 1. The van der Waals surface area contributed by atoms with Crippen molar-refractivity contribution in [2.45, 2.75) is 6.42 Å². The first-order valence-corrected chi connectivity index (χ1v) is 5.76. The lowest BCUT2D eigenvalue weighted by molar-refractivity contribution is -0.138. The van der Waals surface area contributed by atoms with E-state index in [0.717, 1.165) is 6.42 Å². The smallest absolute Gasteiger partial charge is 0.317 e. The zero-order valence-corrected chi connectivity index (χ0v) is 9.87. The summed E-state index contributed by atoms with van der Waals surface area (Å²) in [6, 6.07) is 0. The van der Waals surface area contributed by atoms with Gasteiger partial charge < -0.3 is 10.0 Å². The highest BCUT2D eigenvalue weighted by Crippen LogP contribution is 2.06. The summed E-state index contributed by atoms with van der Waals surface area (Å²) in [5.74, 6) is -1.01. The van der Waals surface area contributed by atoms with Gasteiger partial charge in [-0.15, -0.1) is 0 Å². The molecule has 98 valence electrons. The molecule has 1 amide bonds. The van der Waals surface area contributed by atoms with E-state index in [1.807, 2.05) is 4.90 Å². The number of hydrogen-bond acceptors (Lipinski definition) is 5. The van der Waals surface area contributed by atoms with Gasteiger partial charge in [-0.25, -0.2) is 0 Å². The monoisotopic (exact) mass is 253 g/mol. The van der Waals surface area contributed by atoms with Crippen LogP contribution in [0.4, 0.5) is 0 Å². The Kier molecular flexibility index (Phi) is 3.88. The number of aromatic amines is 1. The van der Waals surface area contributed by atoms with Gasteiger partial charge in [-0.05, 0) is 6.42 Å². The molecule has 0 bridgehead atoms. The number of carbonyl (C=O) groups is 2. The van der Waals surface area contributed by atoms with Gasteiger partial charge in [0.2, 0.25) is 0 Å². The molecule has 1 fully saturated rings. The number of carboxylic acids is 1. The van der Waals surface area contributed by atoms with Gasteiger partial charge in [0.1, 0.15) is 0 Å². The molecule has 0 aromatic carbocycles. The molecule has 1 aliphatic heterocycles. The molecule has 1 aromatic rings. The maximum atomic E-state index is 12.0. The zero-order valence-electron chi connectivity index (χ0n) is 9.87. The van der Waals surface area contributed by atoms with Crippen LogP contribution >= 0.6 is 0 Å². The molecule has 0 atom stereocenters. The molecular weight excluding hydrogens is 238 g/mol. The van der Waals surface area contributed by atoms with Crippen LogP contribution in [0, 0.1) is 0 Å². The van der Waals surface area contributed by atoms with E-state index in [-0.39, 0.29) is 12.5 Å². The van der Waals surface area contributed by atoms with Crippen LogP contribution in [0.3, 0.4) is 0 Å². The van der Waals surface area contributed by atoms with Crippen molar-refractivity contribution in [2.24, 2.45) is 0 Å². The minimum absolute atomic E-state index is 0.0198. The fraction of sp³-hybridized carbons (Fsp3) is 0.600. The van der Waals surface area contributed by atoms with Gasteiger partial charge in [0.05, 0.1) is 12.7 Å². The number of rotatable bonds is 3. The van der Waals surface area contributed by atoms with E-state index in [9.17, 15) is 9.59 Å². The summed E-state index contributed by atoms with van der Waals surface area (Å²) >= 11 is 0. The van der Waals surface area contributed by atoms with Crippen molar-refractivity contribution in [1.82, 2.24) is 25.2 Å². The molecule has 2 N–H and O–H groups in total. The van der Waals surface area contributed by atoms with E-state index in [4.69, 9.17) is 5.11 Å². The summed E-state index contributed by atoms with van der Waals surface area (Å²) in [4.78, 5) is 26.2. The predicted molar refractivity (Wildman–Crippen MR) is 61.0 cm³/mol. The van der Waals surface area contributed by atoms with Gasteiger partial charge in [-0.1, -0.05) is 0 Å². The third-order valence-corrected chi connectivity index (χ3v) is 2.87. The van der Waals surface area contributed by atoms with E-state index in [0.29, 0.717) is 31.9 Å². The molecule has 1 aliphatic rings. The Balaban J connectivity index is 1.93. The van der Waals surface area contributed by atoms with Crippen molar-refractivity contribution in [3.05, 3.63) is 11.9 Å². The van der Waals surface area contributed by atoms with Gasteiger partial charge in [0.25, 0.3) is 5.91 Å². The highest BCUT2D eigenvalue weighted by atomic mass is 16.4. The van der Waals surface area contributed by atoms with E-state index in [1.165, 1.54) is 6.20 Å². The fourth-order valence-corrected chi connectivity index (χ4v) is 1.99. The molecule has 0 spiro atoms. The van der Waals surface area contributed by atoms with Gasteiger partial charge in [0.15, 0.2) is 5.69 Å². The van der Waals surface area contributed by atoms with Crippen molar-refractivity contribution in [2.75, 3.05) is 32.7 Å². The summed E-state index contributed by atoms with van der Waals surface area (Å²) in [6.45, 7) is 2.40. The molecule has 2 heterocycles. The molecule has 2 rings (SSSR count). The van der Waals surface area contributed by atoms with E-state index >= 15 is 0 Å². The average molecular weight is 253 g/mol. The van der Waals surface area contributed by atoms with E-state index in [2.05, 4.69) is 15.4 Å². The maximum Gasteiger partial charge on any atom is 0.317 e. The highest BCUT2D eigenvalue weighted by molar-refractivity contribution is 5.91. The standard InChI is InChI=1S/C10H15N5O3/c16-9(17)7-14-2-1-3-15(5-4-14)10(18)8-6-11-13-12-8/h6H,1-5,7H2,(H,16,17)(H,11,12,13). The van der Waals surface area contributed by atoms with Crippen LogP contribution in [0.2, 0.25) is 0 Å². The molecule has 1 aromatic heterocycles. The quantitative estimate of drug-likeness (QED) is 0.719. The molecular formula is C10H15N5O3. The second-order valence-corrected chi connectivity index (χ2v) is 4.17. The number of aliphatic carboxylic acids is 1. The Hall–Kier alpha value is -1.96. The summed E-state index contributed by atoms with van der Waals surface area (Å²) in [5, 5.41) is 18.5. The number of nitrogens with one attached hydrogen (secondary N) is 1. The third-order valence-electron chi connectivity index (χ3n) is 2.87. The number of carbonyl (C=O) groups excluding carboxylic acids is 1. The number of hydrogen-bond donors (Lipinski definition) is 2. The van der Waals surface area contributed by atoms with Crippen LogP contribution in [0.1, 0.15) is 16.9 Å². The number of H-pyrrole nitrogens is 1. The van der Waals surface area contributed by atoms with Crippen molar-refractivity contribution >= 4 is 11.9 Å². The number of nitrogens with zero attached hydrogens (tertiary/aromatic N) is 4. The Morgan fingerprint density at radius 3 is 2.83 bits per heavy atom. The number of aromatic nitrogens is 3. The van der Waals surface area contributed by atoms with Crippen LogP contribution < -0.4 is 0 Å². The van der Waals surface area contributed by atoms with Gasteiger partial charge in [-0.3, -0.25) is 14.5 Å². The highest BCUT2D eigenvalue weighted by Gasteiger charge is 2.22. The Labute approximate surface area is 104 Å². The molecule has 8 nitrogen and oxygen atoms in total. The lowest BCUT2D eigenvalue weighted by atomic mass is 10.3. The Bertz CT molecular complexity index is 419. The van der Waals surface area contributed by atoms with Crippen LogP contribution in [0.25, 0.3) is 0 Å². The minimum Gasteiger partial charge on any atom is -0.480 e. The first-order valence-electron chi connectivity index (χ1n) is 5.76. The largest absolute Gasteiger partial charge is 0.480 e. The van der Waals surface area contributed by atoms with Crippen LogP contribution in [-0.2, 0) is 4.79 Å². The van der Waals surface area contributed by atoms with Gasteiger partial charge in [0, 0.05) is 26.2 Å². The van der Waals surface area contributed by atoms with Crippen molar-refractivity contribution in [3.63, 3.8) is 0 Å². The average Bonchev–Trinajstić information content (AvgIpc) is 2.76. The summed E-state index contributed by atoms with van der Waals surface area (Å²) in [7, 11) is 0. The van der Waals surface area contributed by atoms with Crippen LogP contribution in [0.15, 0.2) is 6.20 Å². The van der Waals surface area contributed by atoms with Crippen molar-refractivity contribution in [1.29, 1.82) is 0 Å². The maximum absolute atomic E-state index is 12.0. The lowest BCUT2D eigenvalue weighted by Crippen LogP contribution is -2.36. The molecule has 18 heavy (non-hydrogen) atoms. The van der Waals surface area contributed by atoms with Gasteiger partial charge >= 0.3 is 5.97 Å². The van der Waals surface area contributed by atoms with Gasteiger partial charge in [-0.2, -0.15) is 15.4 Å². The second kappa shape index (κ2) is 5.58. The molecule has 8 heteroatoms. The number of amides is 1. The van der Waals surface area contributed by atoms with Crippen LogP contribution in [-0.4, -0.2) is 74.9 Å². The fourth-order valence-electron chi connectivity index (χ4n) is 1.99. The minimum atomic E-state index is -0.841. The summed E-state index contributed by atoms with van der Waals surface area (Å²) < 4.78 is 0. The zero-order chi connectivity index (χ0) is 13.0. The van der Waals surface area contributed by atoms with E-state index in [1.54, 1.807) is 4.90 Å². The molecule has 0 aliphatic carbocycles. The third kappa shape index (κ3) is 3.04. The second-order valence-electron chi connectivity index (χ2n) is 4.17. The normalized spacial score (nSPS) is 17.4. The Morgan fingerprint density at radius 1 is 1.33 bits per heavy atom. The molecule has 0 radical (unpaired) electrons. The Morgan fingerprint density at radius 2 is 2.17 bits per heavy atom. The topological polar surface area (TPSA) is 102 Å². The van der Waals surface area contributed by atoms with Crippen molar-refractivity contribution < 1.29 is 14.7 Å². The molecule has 0 unspecified atom stereocenters.